The number of aryl methyl sites for hydroxylation is 2. The Bertz CT molecular complexity index is 1110. The molecule has 1 amide bonds. The molecule has 5 heterocycles. The van der Waals surface area contributed by atoms with Crippen LogP contribution in [0.25, 0.3) is 10.6 Å². The third-order valence-corrected chi connectivity index (χ3v) is 7.27. The van der Waals surface area contributed by atoms with Gasteiger partial charge in [0.15, 0.2) is 0 Å². The van der Waals surface area contributed by atoms with E-state index in [4.69, 9.17) is 9.97 Å². The minimum atomic E-state index is 0.0238. The lowest BCUT2D eigenvalue weighted by molar-refractivity contribution is 0.0735. The standard InChI is InChI=1S/C23H30N8OS/c1-17-15-21(29-8-6-27(2)7-9-29)25-23(24-17)31-12-10-30(11-13-31)22(32)19-16-18(26-28(19)3)20-5-4-14-33-20/h4-5,14-16H,6-13H2,1-3H3. The molecule has 2 aliphatic heterocycles. The van der Waals surface area contributed by atoms with Gasteiger partial charge >= 0.3 is 0 Å². The summed E-state index contributed by atoms with van der Waals surface area (Å²) in [4.78, 5) is 32.6. The predicted molar refractivity (Wildman–Crippen MR) is 131 cm³/mol. The molecule has 3 aromatic heterocycles. The summed E-state index contributed by atoms with van der Waals surface area (Å²) in [5, 5.41) is 6.56. The summed E-state index contributed by atoms with van der Waals surface area (Å²) < 4.78 is 1.69. The molecule has 0 N–H and O–H groups in total. The Morgan fingerprint density at radius 1 is 0.939 bits per heavy atom. The van der Waals surface area contributed by atoms with Crippen molar-refractivity contribution in [3.8, 4) is 10.6 Å². The van der Waals surface area contributed by atoms with Gasteiger partial charge in [-0.2, -0.15) is 10.1 Å². The van der Waals surface area contributed by atoms with Crippen LogP contribution in [0.15, 0.2) is 29.6 Å². The molecule has 0 saturated carbocycles. The maximum absolute atomic E-state index is 13.2. The Kier molecular flexibility index (Phi) is 6.03. The highest BCUT2D eigenvalue weighted by molar-refractivity contribution is 7.13. The fourth-order valence-corrected chi connectivity index (χ4v) is 5.04. The van der Waals surface area contributed by atoms with Crippen LogP contribution in [0.3, 0.4) is 0 Å². The molecular formula is C23H30N8OS. The topological polar surface area (TPSA) is 73.6 Å². The first-order valence-corrected chi connectivity index (χ1v) is 12.3. The number of nitrogens with zero attached hydrogens (tertiary/aromatic N) is 8. The fraction of sp³-hybridized carbons (Fsp3) is 0.478. The number of anilines is 2. The van der Waals surface area contributed by atoms with Crippen molar-refractivity contribution in [2.45, 2.75) is 6.92 Å². The predicted octanol–water partition coefficient (Wildman–Crippen LogP) is 1.96. The summed E-state index contributed by atoms with van der Waals surface area (Å²) >= 11 is 1.63. The molecule has 0 bridgehead atoms. The van der Waals surface area contributed by atoms with E-state index in [-0.39, 0.29) is 5.91 Å². The molecule has 0 unspecified atom stereocenters. The van der Waals surface area contributed by atoms with Crippen molar-refractivity contribution in [2.24, 2.45) is 7.05 Å². The number of carbonyl (C=O) groups is 1. The van der Waals surface area contributed by atoms with Crippen molar-refractivity contribution in [2.75, 3.05) is 69.2 Å². The zero-order valence-electron chi connectivity index (χ0n) is 19.4. The Morgan fingerprint density at radius 3 is 2.36 bits per heavy atom. The fourth-order valence-electron chi connectivity index (χ4n) is 4.36. The number of likely N-dealkylation sites (N-methyl/N-ethyl adjacent to an activating group) is 1. The number of carbonyl (C=O) groups excluding carboxylic acids is 1. The van der Waals surface area contributed by atoms with Crippen LogP contribution in [0, 0.1) is 6.92 Å². The largest absolute Gasteiger partial charge is 0.354 e. The van der Waals surface area contributed by atoms with E-state index in [0.717, 1.165) is 54.2 Å². The SMILES string of the molecule is Cc1cc(N2CCN(C)CC2)nc(N2CCN(C(=O)c3cc(-c4cccs4)nn3C)CC2)n1. The second kappa shape index (κ2) is 9.11. The smallest absolute Gasteiger partial charge is 0.272 e. The van der Waals surface area contributed by atoms with E-state index in [1.54, 1.807) is 16.0 Å². The second-order valence-electron chi connectivity index (χ2n) is 8.75. The molecule has 0 aromatic carbocycles. The normalized spacial score (nSPS) is 17.6. The van der Waals surface area contributed by atoms with Gasteiger partial charge in [0.1, 0.15) is 17.2 Å². The van der Waals surface area contributed by atoms with Gasteiger partial charge in [-0.05, 0) is 31.5 Å². The van der Waals surface area contributed by atoms with Crippen molar-refractivity contribution in [3.05, 3.63) is 41.0 Å². The third-order valence-electron chi connectivity index (χ3n) is 6.38. The molecule has 0 atom stereocenters. The van der Waals surface area contributed by atoms with Crippen LogP contribution in [-0.2, 0) is 7.05 Å². The van der Waals surface area contributed by atoms with Gasteiger partial charge in [0.25, 0.3) is 5.91 Å². The van der Waals surface area contributed by atoms with Gasteiger partial charge < -0.3 is 19.6 Å². The average molecular weight is 467 g/mol. The number of thiophene rings is 1. The average Bonchev–Trinajstić information content (AvgIpc) is 3.49. The lowest BCUT2D eigenvalue weighted by atomic mass is 10.2. The minimum Gasteiger partial charge on any atom is -0.354 e. The van der Waals surface area contributed by atoms with Gasteiger partial charge in [-0.25, -0.2) is 4.98 Å². The van der Waals surface area contributed by atoms with Gasteiger partial charge in [-0.1, -0.05) is 6.07 Å². The van der Waals surface area contributed by atoms with Crippen LogP contribution < -0.4 is 9.80 Å². The first-order chi connectivity index (χ1) is 16.0. The van der Waals surface area contributed by atoms with E-state index in [1.165, 1.54) is 0 Å². The zero-order chi connectivity index (χ0) is 22.9. The second-order valence-corrected chi connectivity index (χ2v) is 9.70. The summed E-state index contributed by atoms with van der Waals surface area (Å²) in [7, 11) is 3.99. The van der Waals surface area contributed by atoms with Crippen LogP contribution in [-0.4, -0.2) is 94.9 Å². The monoisotopic (exact) mass is 466 g/mol. The molecular weight excluding hydrogens is 436 g/mol. The van der Waals surface area contributed by atoms with Gasteiger partial charge in [0.2, 0.25) is 5.95 Å². The minimum absolute atomic E-state index is 0.0238. The molecule has 174 valence electrons. The summed E-state index contributed by atoms with van der Waals surface area (Å²) in [6.07, 6.45) is 0. The quantitative estimate of drug-likeness (QED) is 0.582. The van der Waals surface area contributed by atoms with Crippen LogP contribution in [0.4, 0.5) is 11.8 Å². The zero-order valence-corrected chi connectivity index (χ0v) is 20.3. The maximum Gasteiger partial charge on any atom is 0.272 e. The highest BCUT2D eigenvalue weighted by Gasteiger charge is 2.27. The maximum atomic E-state index is 13.2. The molecule has 0 aliphatic carbocycles. The summed E-state index contributed by atoms with van der Waals surface area (Å²) in [5.41, 5.74) is 2.44. The molecule has 3 aromatic rings. The molecule has 2 saturated heterocycles. The Labute approximate surface area is 198 Å². The van der Waals surface area contributed by atoms with Crippen molar-refractivity contribution >= 4 is 29.0 Å². The van der Waals surface area contributed by atoms with Crippen molar-refractivity contribution in [3.63, 3.8) is 0 Å². The van der Waals surface area contributed by atoms with Crippen molar-refractivity contribution in [1.29, 1.82) is 0 Å². The number of hydrogen-bond donors (Lipinski definition) is 0. The molecule has 0 radical (unpaired) electrons. The van der Waals surface area contributed by atoms with Gasteiger partial charge in [-0.3, -0.25) is 9.48 Å². The third kappa shape index (κ3) is 4.58. The first kappa shape index (κ1) is 21.8. The lowest BCUT2D eigenvalue weighted by Crippen LogP contribution is -2.50. The van der Waals surface area contributed by atoms with E-state index in [0.29, 0.717) is 31.9 Å². The molecule has 9 nitrogen and oxygen atoms in total. The van der Waals surface area contributed by atoms with E-state index in [2.05, 4.69) is 32.9 Å². The molecule has 2 fully saturated rings. The highest BCUT2D eigenvalue weighted by Crippen LogP contribution is 2.25. The molecule has 33 heavy (non-hydrogen) atoms. The molecule has 2 aliphatic rings. The van der Waals surface area contributed by atoms with Crippen LogP contribution in [0.5, 0.6) is 0 Å². The summed E-state index contributed by atoms with van der Waals surface area (Å²) in [6, 6.07) is 7.99. The van der Waals surface area contributed by atoms with E-state index >= 15 is 0 Å². The van der Waals surface area contributed by atoms with Crippen molar-refractivity contribution in [1.82, 2.24) is 29.5 Å². The number of aromatic nitrogens is 4. The summed E-state index contributed by atoms with van der Waals surface area (Å²) in [6.45, 7) is 8.78. The number of piperazine rings is 2. The summed E-state index contributed by atoms with van der Waals surface area (Å²) in [5.74, 6) is 1.78. The highest BCUT2D eigenvalue weighted by atomic mass is 32.1. The number of amides is 1. The number of hydrogen-bond acceptors (Lipinski definition) is 8. The molecule has 5 rings (SSSR count). The van der Waals surface area contributed by atoms with E-state index in [9.17, 15) is 4.79 Å². The molecule has 0 spiro atoms. The van der Waals surface area contributed by atoms with Crippen molar-refractivity contribution < 1.29 is 4.79 Å². The molecule has 10 heteroatoms. The van der Waals surface area contributed by atoms with Crippen LogP contribution >= 0.6 is 11.3 Å². The van der Waals surface area contributed by atoms with Gasteiger partial charge in [-0.15, -0.1) is 11.3 Å². The van der Waals surface area contributed by atoms with E-state index < -0.39 is 0 Å². The van der Waals surface area contributed by atoms with Gasteiger partial charge in [0, 0.05) is 71.2 Å². The van der Waals surface area contributed by atoms with Gasteiger partial charge in [0.05, 0.1) is 4.88 Å². The Balaban J connectivity index is 1.25. The van der Waals surface area contributed by atoms with Crippen LogP contribution in [0.2, 0.25) is 0 Å². The Morgan fingerprint density at radius 2 is 1.67 bits per heavy atom. The van der Waals surface area contributed by atoms with E-state index in [1.807, 2.05) is 42.5 Å². The van der Waals surface area contributed by atoms with Crippen LogP contribution in [0.1, 0.15) is 16.2 Å². The number of rotatable bonds is 4. The Hall–Kier alpha value is -2.98. The lowest BCUT2D eigenvalue weighted by Gasteiger charge is -2.36. The first-order valence-electron chi connectivity index (χ1n) is 11.4.